The van der Waals surface area contributed by atoms with Crippen LogP contribution in [0.4, 0.5) is 0 Å². The minimum absolute atomic E-state index is 0.202. The molecule has 0 amide bonds. The highest BCUT2D eigenvalue weighted by Crippen LogP contribution is 2.26. The van der Waals surface area contributed by atoms with Gasteiger partial charge in [0.25, 0.3) is 0 Å². The summed E-state index contributed by atoms with van der Waals surface area (Å²) in [5, 5.41) is 7.80. The van der Waals surface area contributed by atoms with Crippen molar-refractivity contribution in [1.82, 2.24) is 15.1 Å². The molecular formula is C13H25N3. The summed E-state index contributed by atoms with van der Waals surface area (Å²) in [5.74, 6) is 0. The normalized spacial score (nSPS) is 12.0. The molecule has 0 fully saturated rings. The number of nitrogens with one attached hydrogen (secondary N) is 1. The molecule has 1 aromatic heterocycles. The van der Waals surface area contributed by atoms with E-state index < -0.39 is 0 Å². The Morgan fingerprint density at radius 1 is 1.31 bits per heavy atom. The van der Waals surface area contributed by atoms with Crippen LogP contribution in [-0.2, 0) is 12.0 Å². The van der Waals surface area contributed by atoms with Gasteiger partial charge in [-0.1, -0.05) is 20.8 Å². The fourth-order valence-corrected chi connectivity index (χ4v) is 1.99. The van der Waals surface area contributed by atoms with E-state index in [1.54, 1.807) is 0 Å². The van der Waals surface area contributed by atoms with Gasteiger partial charge in [-0.05, 0) is 38.9 Å². The summed E-state index contributed by atoms with van der Waals surface area (Å²) in [4.78, 5) is 0. The van der Waals surface area contributed by atoms with E-state index in [0.717, 1.165) is 26.1 Å². The van der Waals surface area contributed by atoms with Crippen molar-refractivity contribution >= 4 is 0 Å². The molecule has 16 heavy (non-hydrogen) atoms. The second kappa shape index (κ2) is 6.04. The molecular weight excluding hydrogens is 198 g/mol. The summed E-state index contributed by atoms with van der Waals surface area (Å²) in [5.41, 5.74) is 1.54. The van der Waals surface area contributed by atoms with Crippen LogP contribution in [0, 0.1) is 0 Å². The Balaban J connectivity index is 2.55. The van der Waals surface area contributed by atoms with E-state index in [-0.39, 0.29) is 5.41 Å². The number of aromatic nitrogens is 2. The van der Waals surface area contributed by atoms with E-state index in [1.807, 2.05) is 6.20 Å². The summed E-state index contributed by atoms with van der Waals surface area (Å²) < 4.78 is 2.10. The summed E-state index contributed by atoms with van der Waals surface area (Å²) in [7, 11) is 0. The van der Waals surface area contributed by atoms with Crippen LogP contribution in [0.5, 0.6) is 0 Å². The van der Waals surface area contributed by atoms with E-state index in [4.69, 9.17) is 0 Å². The molecule has 1 rings (SSSR count). The fourth-order valence-electron chi connectivity index (χ4n) is 1.99. The van der Waals surface area contributed by atoms with Crippen molar-refractivity contribution in [1.29, 1.82) is 0 Å². The van der Waals surface area contributed by atoms with Gasteiger partial charge in [0.05, 0.1) is 0 Å². The predicted octanol–water partition coefficient (Wildman–Crippen LogP) is 2.57. The average Bonchev–Trinajstić information content (AvgIpc) is 2.73. The number of hydrogen-bond acceptors (Lipinski definition) is 2. The quantitative estimate of drug-likeness (QED) is 0.720. The Morgan fingerprint density at radius 2 is 2.06 bits per heavy atom. The molecule has 0 aromatic carbocycles. The van der Waals surface area contributed by atoms with Crippen molar-refractivity contribution in [3.05, 3.63) is 18.0 Å². The van der Waals surface area contributed by atoms with Gasteiger partial charge in [-0.3, -0.25) is 4.68 Å². The third-order valence-corrected chi connectivity index (χ3v) is 3.06. The molecule has 0 unspecified atom stereocenters. The van der Waals surface area contributed by atoms with Crippen LogP contribution in [0.3, 0.4) is 0 Å². The molecule has 0 saturated heterocycles. The van der Waals surface area contributed by atoms with Gasteiger partial charge in [0.2, 0.25) is 0 Å². The van der Waals surface area contributed by atoms with Gasteiger partial charge < -0.3 is 5.32 Å². The lowest BCUT2D eigenvalue weighted by Crippen LogP contribution is -2.28. The Labute approximate surface area is 99.2 Å². The van der Waals surface area contributed by atoms with E-state index in [1.165, 1.54) is 12.1 Å². The van der Waals surface area contributed by atoms with Gasteiger partial charge in [-0.25, -0.2) is 0 Å². The van der Waals surface area contributed by atoms with E-state index in [2.05, 4.69) is 48.9 Å². The van der Waals surface area contributed by atoms with Gasteiger partial charge in [0, 0.05) is 23.9 Å². The maximum atomic E-state index is 4.34. The van der Waals surface area contributed by atoms with Crippen LogP contribution in [0.2, 0.25) is 0 Å². The van der Waals surface area contributed by atoms with Gasteiger partial charge in [-0.2, -0.15) is 5.10 Å². The van der Waals surface area contributed by atoms with E-state index in [0.29, 0.717) is 0 Å². The Kier molecular flexibility index (Phi) is 5.00. The third-order valence-electron chi connectivity index (χ3n) is 3.06. The number of aryl methyl sites for hydroxylation is 1. The van der Waals surface area contributed by atoms with Crippen LogP contribution in [0.1, 0.15) is 46.2 Å². The van der Waals surface area contributed by atoms with Crippen molar-refractivity contribution in [2.45, 2.75) is 52.5 Å². The predicted molar refractivity (Wildman–Crippen MR) is 68.7 cm³/mol. The first-order valence-electron chi connectivity index (χ1n) is 6.34. The molecule has 0 aliphatic carbocycles. The van der Waals surface area contributed by atoms with Crippen molar-refractivity contribution < 1.29 is 0 Å². The molecule has 0 bridgehead atoms. The maximum Gasteiger partial charge on any atom is 0.0492 e. The summed E-state index contributed by atoms with van der Waals surface area (Å²) >= 11 is 0. The molecule has 1 heterocycles. The summed E-state index contributed by atoms with van der Waals surface area (Å²) in [6.45, 7) is 12.1. The zero-order valence-electron chi connectivity index (χ0n) is 11.1. The smallest absolute Gasteiger partial charge is 0.0492 e. The summed E-state index contributed by atoms with van der Waals surface area (Å²) in [6.07, 6.45) is 4.26. The molecule has 3 heteroatoms. The van der Waals surface area contributed by atoms with Crippen molar-refractivity contribution in [2.75, 3.05) is 13.1 Å². The molecule has 1 aromatic rings. The van der Waals surface area contributed by atoms with Crippen molar-refractivity contribution in [3.8, 4) is 0 Å². The van der Waals surface area contributed by atoms with Crippen molar-refractivity contribution in [3.63, 3.8) is 0 Å². The first-order valence-corrected chi connectivity index (χ1v) is 6.34. The third kappa shape index (κ3) is 3.34. The average molecular weight is 223 g/mol. The van der Waals surface area contributed by atoms with Crippen molar-refractivity contribution in [2.24, 2.45) is 0 Å². The van der Waals surface area contributed by atoms with Crippen LogP contribution >= 0.6 is 0 Å². The van der Waals surface area contributed by atoms with E-state index >= 15 is 0 Å². The molecule has 3 nitrogen and oxygen atoms in total. The molecule has 0 aliphatic heterocycles. The van der Waals surface area contributed by atoms with Crippen LogP contribution < -0.4 is 5.32 Å². The molecule has 0 atom stereocenters. The van der Waals surface area contributed by atoms with Gasteiger partial charge in [0.1, 0.15) is 0 Å². The van der Waals surface area contributed by atoms with Gasteiger partial charge in [-0.15, -0.1) is 0 Å². The van der Waals surface area contributed by atoms with Crippen LogP contribution in [-0.4, -0.2) is 22.9 Å². The molecule has 1 N–H and O–H groups in total. The lowest BCUT2D eigenvalue weighted by atomic mass is 9.85. The van der Waals surface area contributed by atoms with Gasteiger partial charge in [0.15, 0.2) is 0 Å². The SMILES string of the molecule is CCCNCCC(C)(C)c1ccnn1CC. The van der Waals surface area contributed by atoms with E-state index in [9.17, 15) is 0 Å². The first kappa shape index (κ1) is 13.2. The van der Waals surface area contributed by atoms with Crippen LogP contribution in [0.15, 0.2) is 12.3 Å². The first-order chi connectivity index (χ1) is 7.61. The lowest BCUT2D eigenvalue weighted by molar-refractivity contribution is 0.416. The Bertz CT molecular complexity index is 302. The Hall–Kier alpha value is -0.830. The standard InChI is InChI=1S/C13H25N3/c1-5-9-14-11-8-13(3,4)12-7-10-15-16(12)6-2/h7,10,14H,5-6,8-9,11H2,1-4H3. The number of rotatable bonds is 7. The Morgan fingerprint density at radius 3 is 2.69 bits per heavy atom. The maximum absolute atomic E-state index is 4.34. The topological polar surface area (TPSA) is 29.9 Å². The molecule has 0 saturated carbocycles. The second-order valence-corrected chi connectivity index (χ2v) is 4.92. The van der Waals surface area contributed by atoms with Crippen LogP contribution in [0.25, 0.3) is 0 Å². The molecule has 0 aliphatic rings. The molecule has 92 valence electrons. The lowest BCUT2D eigenvalue weighted by Gasteiger charge is -2.25. The molecule has 0 spiro atoms. The van der Waals surface area contributed by atoms with Gasteiger partial charge >= 0.3 is 0 Å². The minimum atomic E-state index is 0.202. The zero-order chi connectivity index (χ0) is 12.0. The highest BCUT2D eigenvalue weighted by molar-refractivity contribution is 5.13. The minimum Gasteiger partial charge on any atom is -0.317 e. The second-order valence-electron chi connectivity index (χ2n) is 4.92. The fraction of sp³-hybridized carbons (Fsp3) is 0.769. The highest BCUT2D eigenvalue weighted by Gasteiger charge is 2.23. The zero-order valence-corrected chi connectivity index (χ0v) is 11.1. The highest BCUT2D eigenvalue weighted by atomic mass is 15.3. The monoisotopic (exact) mass is 223 g/mol. The summed E-state index contributed by atoms with van der Waals surface area (Å²) in [6, 6.07) is 2.14. The molecule has 0 radical (unpaired) electrons. The largest absolute Gasteiger partial charge is 0.317 e. The number of hydrogen-bond donors (Lipinski definition) is 1. The number of nitrogens with zero attached hydrogens (tertiary/aromatic N) is 2.